The number of carbonyl (C=O) groups is 3. The Morgan fingerprint density at radius 1 is 0.721 bits per heavy atom. The molecule has 2 aromatic rings. The highest BCUT2D eigenvalue weighted by Gasteiger charge is 2.25. The monoisotopic (exact) mass is 594 g/mol. The summed E-state index contributed by atoms with van der Waals surface area (Å²) in [5.41, 5.74) is 1.47. The Balaban J connectivity index is 1.62. The van der Waals surface area contributed by atoms with Crippen LogP contribution in [0.25, 0.3) is 0 Å². The molecule has 1 saturated heterocycles. The Morgan fingerprint density at radius 2 is 1.14 bits per heavy atom. The van der Waals surface area contributed by atoms with Gasteiger partial charge in [0.25, 0.3) is 0 Å². The number of hydrogen-bond acceptors (Lipinski definition) is 7. The van der Waals surface area contributed by atoms with E-state index in [0.29, 0.717) is 52.4 Å². The highest BCUT2D eigenvalue weighted by atomic mass is 16.6. The number of carbonyl (C=O) groups excluding carboxylic acids is 3. The highest BCUT2D eigenvalue weighted by Crippen LogP contribution is 2.13. The maximum Gasteiger partial charge on any atom is 0.410 e. The molecule has 2 aromatic carbocycles. The van der Waals surface area contributed by atoms with E-state index in [1.807, 2.05) is 95.3 Å². The van der Waals surface area contributed by atoms with Gasteiger partial charge in [-0.1, -0.05) is 60.7 Å². The zero-order chi connectivity index (χ0) is 31.2. The van der Waals surface area contributed by atoms with Gasteiger partial charge < -0.3 is 25.6 Å². The molecule has 1 aliphatic heterocycles. The molecule has 2 atom stereocenters. The molecule has 0 unspecified atom stereocenters. The van der Waals surface area contributed by atoms with Crippen LogP contribution in [0.1, 0.15) is 57.8 Å². The van der Waals surface area contributed by atoms with Gasteiger partial charge in [0.15, 0.2) is 0 Å². The van der Waals surface area contributed by atoms with E-state index in [1.165, 1.54) is 0 Å². The molecule has 0 spiro atoms. The van der Waals surface area contributed by atoms with E-state index in [1.54, 1.807) is 4.90 Å². The predicted octanol–water partition coefficient (Wildman–Crippen LogP) is 3.19. The number of hydrogen-bond donors (Lipinski definition) is 3. The summed E-state index contributed by atoms with van der Waals surface area (Å²) < 4.78 is 5.72. The molecule has 43 heavy (non-hydrogen) atoms. The molecule has 0 aliphatic carbocycles. The average Bonchev–Trinajstić information content (AvgIpc) is 2.95. The summed E-state index contributed by atoms with van der Waals surface area (Å²) in [5, 5.41) is 9.64. The Bertz CT molecular complexity index is 1070. The topological polar surface area (TPSA) is 106 Å². The Labute approximate surface area is 257 Å². The summed E-state index contributed by atoms with van der Waals surface area (Å²) in [4.78, 5) is 44.9. The minimum atomic E-state index is -0.634. The predicted molar refractivity (Wildman–Crippen MR) is 170 cm³/mol. The number of ether oxygens (including phenoxy) is 1. The standard InChI is InChI=1S/C33H50N6O4/c1-26(28-12-8-6-9-13-28)35-30(40)24-37-18-16-34-17-19-38(21-23-39(22-20-37)32(42)43-33(3,4)5)25-31(41)36-27(2)29-14-10-7-11-15-29/h6-15,26-27,34H,16-25H2,1-5H3,(H,35,40)(H,36,41)/t26-,27-/m0/s1. The summed E-state index contributed by atoms with van der Waals surface area (Å²) >= 11 is 0. The van der Waals surface area contributed by atoms with Crippen LogP contribution in [0.4, 0.5) is 4.79 Å². The van der Waals surface area contributed by atoms with E-state index in [0.717, 1.165) is 11.1 Å². The van der Waals surface area contributed by atoms with Crippen molar-refractivity contribution in [2.45, 2.75) is 52.3 Å². The highest BCUT2D eigenvalue weighted by molar-refractivity contribution is 5.79. The minimum absolute atomic E-state index is 0.0609. The smallest absolute Gasteiger partial charge is 0.410 e. The van der Waals surface area contributed by atoms with E-state index in [2.05, 4.69) is 25.8 Å². The van der Waals surface area contributed by atoms with Crippen LogP contribution in [0.3, 0.4) is 0 Å². The van der Waals surface area contributed by atoms with Crippen molar-refractivity contribution in [1.82, 2.24) is 30.7 Å². The van der Waals surface area contributed by atoms with Crippen molar-refractivity contribution >= 4 is 17.9 Å². The first-order valence-corrected chi connectivity index (χ1v) is 15.3. The maximum atomic E-state index is 13.2. The molecular weight excluding hydrogens is 544 g/mol. The molecule has 10 heteroatoms. The number of amides is 3. The first-order valence-electron chi connectivity index (χ1n) is 15.3. The fourth-order valence-electron chi connectivity index (χ4n) is 4.91. The number of nitrogens with one attached hydrogen (secondary N) is 3. The molecule has 1 fully saturated rings. The lowest BCUT2D eigenvalue weighted by molar-refractivity contribution is -0.123. The van der Waals surface area contributed by atoms with Crippen LogP contribution < -0.4 is 16.0 Å². The lowest BCUT2D eigenvalue weighted by Gasteiger charge is -2.32. The van der Waals surface area contributed by atoms with Crippen LogP contribution >= 0.6 is 0 Å². The van der Waals surface area contributed by atoms with Gasteiger partial charge in [-0.15, -0.1) is 0 Å². The molecule has 3 amide bonds. The van der Waals surface area contributed by atoms with Gasteiger partial charge in [0.1, 0.15) is 5.60 Å². The lowest BCUT2D eigenvalue weighted by Crippen LogP contribution is -2.50. The van der Waals surface area contributed by atoms with Gasteiger partial charge in [-0.2, -0.15) is 0 Å². The van der Waals surface area contributed by atoms with E-state index >= 15 is 0 Å². The number of nitrogens with zero attached hydrogens (tertiary/aromatic N) is 3. The fraction of sp³-hybridized carbons (Fsp3) is 0.545. The Morgan fingerprint density at radius 3 is 1.53 bits per heavy atom. The molecule has 0 saturated carbocycles. The Kier molecular flexibility index (Phi) is 13.4. The van der Waals surface area contributed by atoms with Crippen molar-refractivity contribution in [2.75, 3.05) is 65.4 Å². The van der Waals surface area contributed by atoms with Crippen molar-refractivity contribution in [2.24, 2.45) is 0 Å². The zero-order valence-corrected chi connectivity index (χ0v) is 26.5. The van der Waals surface area contributed by atoms with Crippen LogP contribution in [0.2, 0.25) is 0 Å². The van der Waals surface area contributed by atoms with Crippen molar-refractivity contribution in [1.29, 1.82) is 0 Å². The van der Waals surface area contributed by atoms with Gasteiger partial charge in [-0.25, -0.2) is 4.79 Å². The third kappa shape index (κ3) is 12.7. The first-order chi connectivity index (χ1) is 20.5. The SMILES string of the molecule is C[C@H](NC(=O)CN1CCNCCN(CC(=O)N[C@@H](C)c2ccccc2)CCN(C(=O)OC(C)(C)C)CC1)c1ccccc1. The largest absolute Gasteiger partial charge is 0.444 e. The van der Waals surface area contributed by atoms with Gasteiger partial charge in [0, 0.05) is 52.4 Å². The third-order valence-corrected chi connectivity index (χ3v) is 7.32. The van der Waals surface area contributed by atoms with Crippen LogP contribution in [0.5, 0.6) is 0 Å². The summed E-state index contributed by atoms with van der Waals surface area (Å²) in [7, 11) is 0. The van der Waals surface area contributed by atoms with Gasteiger partial charge in [0.2, 0.25) is 11.8 Å². The zero-order valence-electron chi connectivity index (χ0n) is 26.5. The van der Waals surface area contributed by atoms with Crippen molar-refractivity contribution in [3.63, 3.8) is 0 Å². The average molecular weight is 595 g/mol. The van der Waals surface area contributed by atoms with Crippen molar-refractivity contribution in [3.8, 4) is 0 Å². The van der Waals surface area contributed by atoms with Gasteiger partial charge in [0.05, 0.1) is 25.2 Å². The third-order valence-electron chi connectivity index (χ3n) is 7.32. The molecule has 0 radical (unpaired) electrons. The van der Waals surface area contributed by atoms with Crippen LogP contribution in [0.15, 0.2) is 60.7 Å². The van der Waals surface area contributed by atoms with Gasteiger partial charge in [-0.3, -0.25) is 19.4 Å². The van der Waals surface area contributed by atoms with Gasteiger partial charge in [-0.05, 0) is 45.7 Å². The maximum absolute atomic E-state index is 13.2. The summed E-state index contributed by atoms with van der Waals surface area (Å²) in [6, 6.07) is 19.6. The molecular formula is C33H50N6O4. The minimum Gasteiger partial charge on any atom is -0.444 e. The van der Waals surface area contributed by atoms with Crippen molar-refractivity contribution < 1.29 is 19.1 Å². The summed E-state index contributed by atoms with van der Waals surface area (Å²) in [6.07, 6.45) is -0.396. The molecule has 3 N–H and O–H groups in total. The second kappa shape index (κ2) is 17.0. The van der Waals surface area contributed by atoms with Crippen molar-refractivity contribution in [3.05, 3.63) is 71.8 Å². The first kappa shape index (κ1) is 34.0. The molecule has 10 nitrogen and oxygen atoms in total. The summed E-state index contributed by atoms with van der Waals surface area (Å²) in [5.74, 6) is -0.122. The summed E-state index contributed by atoms with van der Waals surface area (Å²) in [6.45, 7) is 14.4. The molecule has 1 heterocycles. The normalized spacial score (nSPS) is 17.6. The molecule has 3 rings (SSSR count). The van der Waals surface area contributed by atoms with Gasteiger partial charge >= 0.3 is 6.09 Å². The van der Waals surface area contributed by atoms with E-state index in [4.69, 9.17) is 4.74 Å². The molecule has 236 valence electrons. The number of rotatable bonds is 8. The van der Waals surface area contributed by atoms with Crippen LogP contribution in [-0.4, -0.2) is 104 Å². The van der Waals surface area contributed by atoms with E-state index < -0.39 is 11.7 Å². The number of benzene rings is 2. The van der Waals surface area contributed by atoms with E-state index in [-0.39, 0.29) is 37.0 Å². The quantitative estimate of drug-likeness (QED) is 0.431. The van der Waals surface area contributed by atoms with Crippen LogP contribution in [0, 0.1) is 0 Å². The molecule has 1 aliphatic rings. The molecule has 0 bridgehead atoms. The Hall–Kier alpha value is -3.47. The fourth-order valence-corrected chi connectivity index (χ4v) is 4.91. The second-order valence-corrected chi connectivity index (χ2v) is 12.2. The lowest BCUT2D eigenvalue weighted by atomic mass is 10.1. The van der Waals surface area contributed by atoms with Crippen LogP contribution in [-0.2, 0) is 14.3 Å². The molecule has 0 aromatic heterocycles. The second-order valence-electron chi connectivity index (χ2n) is 12.2. The van der Waals surface area contributed by atoms with E-state index in [9.17, 15) is 14.4 Å².